The quantitative estimate of drug-likeness (QED) is 0.351. The van der Waals surface area contributed by atoms with E-state index in [0.29, 0.717) is 0 Å². The lowest BCUT2D eigenvalue weighted by atomic mass is 9.99. The molecule has 0 radical (unpaired) electrons. The summed E-state index contributed by atoms with van der Waals surface area (Å²) in [5.41, 5.74) is 6.74. The number of furan rings is 1. The molecule has 2 heterocycles. The summed E-state index contributed by atoms with van der Waals surface area (Å²) in [6, 6.07) is 21.6. The zero-order valence-corrected chi connectivity index (χ0v) is 15.2. The molecular formula is C24H20NO+. The summed E-state index contributed by atoms with van der Waals surface area (Å²) >= 11 is 0. The Hall–Kier alpha value is -3.13. The lowest BCUT2D eigenvalue weighted by molar-refractivity contribution is -0.660. The normalized spacial score (nSPS) is 11.7. The first-order valence-electron chi connectivity index (χ1n) is 8.93. The standard InChI is InChI=1S/C24H20NO/c1-15-10-11-25(3)21(12-15)23-16(2)8-9-19-20-13-17-6-4-5-7-18(17)14-22(20)26-24(19)23/h4-14H,1-3H3/q+1. The molecular weight excluding hydrogens is 318 g/mol. The average molecular weight is 338 g/mol. The smallest absolute Gasteiger partial charge is 0.216 e. The van der Waals surface area contributed by atoms with Crippen molar-refractivity contribution in [2.75, 3.05) is 0 Å². The minimum atomic E-state index is 0.945. The molecule has 0 aliphatic rings. The average Bonchev–Trinajstić information content (AvgIpc) is 2.99. The second-order valence-electron chi connectivity index (χ2n) is 7.13. The van der Waals surface area contributed by atoms with Crippen LogP contribution < -0.4 is 4.57 Å². The molecule has 0 N–H and O–H groups in total. The Bertz CT molecular complexity index is 1310. The molecule has 0 spiro atoms. The van der Waals surface area contributed by atoms with Crippen molar-refractivity contribution in [1.29, 1.82) is 0 Å². The van der Waals surface area contributed by atoms with Crippen molar-refractivity contribution in [3.63, 3.8) is 0 Å². The lowest BCUT2D eigenvalue weighted by Crippen LogP contribution is -2.30. The van der Waals surface area contributed by atoms with Crippen LogP contribution in [0.5, 0.6) is 0 Å². The van der Waals surface area contributed by atoms with Gasteiger partial charge in [-0.2, -0.15) is 0 Å². The first kappa shape index (κ1) is 15.2. The summed E-state index contributed by atoms with van der Waals surface area (Å²) in [4.78, 5) is 0. The number of rotatable bonds is 1. The maximum atomic E-state index is 6.41. The molecule has 5 aromatic rings. The molecule has 0 aliphatic carbocycles. The zero-order valence-electron chi connectivity index (χ0n) is 15.2. The van der Waals surface area contributed by atoms with Crippen LogP contribution in [-0.2, 0) is 7.05 Å². The van der Waals surface area contributed by atoms with Crippen molar-refractivity contribution < 1.29 is 8.98 Å². The third kappa shape index (κ3) is 2.15. The third-order valence-corrected chi connectivity index (χ3v) is 5.28. The molecule has 0 atom stereocenters. The summed E-state index contributed by atoms with van der Waals surface area (Å²) in [6.45, 7) is 4.28. The van der Waals surface area contributed by atoms with Gasteiger partial charge in [-0.05, 0) is 47.9 Å². The summed E-state index contributed by atoms with van der Waals surface area (Å²) in [5, 5.41) is 4.80. The van der Waals surface area contributed by atoms with Crippen molar-refractivity contribution in [3.8, 4) is 11.3 Å². The van der Waals surface area contributed by atoms with E-state index in [1.807, 2.05) is 0 Å². The summed E-state index contributed by atoms with van der Waals surface area (Å²) in [6.07, 6.45) is 2.11. The van der Waals surface area contributed by atoms with Gasteiger partial charge in [-0.1, -0.05) is 36.4 Å². The van der Waals surface area contributed by atoms with Crippen LogP contribution in [0.2, 0.25) is 0 Å². The predicted molar refractivity (Wildman–Crippen MR) is 107 cm³/mol. The number of fused-ring (bicyclic) bond motifs is 4. The summed E-state index contributed by atoms with van der Waals surface area (Å²) in [5.74, 6) is 0. The van der Waals surface area contributed by atoms with E-state index in [0.717, 1.165) is 11.2 Å². The van der Waals surface area contributed by atoms with Crippen molar-refractivity contribution >= 4 is 32.7 Å². The van der Waals surface area contributed by atoms with E-state index < -0.39 is 0 Å². The molecule has 0 fully saturated rings. The van der Waals surface area contributed by atoms with E-state index in [9.17, 15) is 0 Å². The highest BCUT2D eigenvalue weighted by molar-refractivity contribution is 6.13. The van der Waals surface area contributed by atoms with Gasteiger partial charge in [0.25, 0.3) is 0 Å². The molecule has 5 rings (SSSR count). The lowest BCUT2D eigenvalue weighted by Gasteiger charge is -2.06. The van der Waals surface area contributed by atoms with Crippen LogP contribution in [0.1, 0.15) is 11.1 Å². The SMILES string of the molecule is Cc1cc[n+](C)c(-c2c(C)ccc3c2oc2cc4ccccc4cc23)c1. The van der Waals surface area contributed by atoms with Gasteiger partial charge in [-0.3, -0.25) is 0 Å². The van der Waals surface area contributed by atoms with E-state index in [-0.39, 0.29) is 0 Å². The number of hydrogen-bond donors (Lipinski definition) is 0. The van der Waals surface area contributed by atoms with Crippen LogP contribution >= 0.6 is 0 Å². The fourth-order valence-corrected chi connectivity index (χ4v) is 3.87. The molecule has 0 saturated carbocycles. The Morgan fingerprint density at radius 3 is 2.38 bits per heavy atom. The van der Waals surface area contributed by atoms with Gasteiger partial charge in [-0.25, -0.2) is 4.57 Å². The molecule has 0 saturated heterocycles. The molecule has 2 nitrogen and oxygen atoms in total. The highest BCUT2D eigenvalue weighted by atomic mass is 16.3. The molecule has 0 unspecified atom stereocenters. The summed E-state index contributed by atoms with van der Waals surface area (Å²) in [7, 11) is 2.09. The number of hydrogen-bond acceptors (Lipinski definition) is 1. The molecule has 3 aromatic carbocycles. The monoisotopic (exact) mass is 338 g/mol. The van der Waals surface area contributed by atoms with Gasteiger partial charge in [0.2, 0.25) is 5.69 Å². The second-order valence-corrected chi connectivity index (χ2v) is 7.13. The highest BCUT2D eigenvalue weighted by Gasteiger charge is 2.20. The van der Waals surface area contributed by atoms with Crippen LogP contribution in [0.3, 0.4) is 0 Å². The van der Waals surface area contributed by atoms with Crippen molar-refractivity contribution in [2.24, 2.45) is 7.05 Å². The zero-order chi connectivity index (χ0) is 17.8. The van der Waals surface area contributed by atoms with Gasteiger partial charge in [0.05, 0.1) is 5.56 Å². The Balaban J connectivity index is 1.93. The van der Waals surface area contributed by atoms with Crippen molar-refractivity contribution in [2.45, 2.75) is 13.8 Å². The van der Waals surface area contributed by atoms with Crippen LogP contribution in [-0.4, -0.2) is 0 Å². The topological polar surface area (TPSA) is 17.0 Å². The first-order valence-corrected chi connectivity index (χ1v) is 8.93. The van der Waals surface area contributed by atoms with E-state index in [1.165, 1.54) is 43.9 Å². The van der Waals surface area contributed by atoms with E-state index in [1.54, 1.807) is 0 Å². The minimum Gasteiger partial charge on any atom is -0.455 e. The molecule has 0 amide bonds. The first-order chi connectivity index (χ1) is 12.6. The highest BCUT2D eigenvalue weighted by Crippen LogP contribution is 2.38. The van der Waals surface area contributed by atoms with Gasteiger partial charge < -0.3 is 4.42 Å². The molecule has 2 aromatic heterocycles. The second kappa shape index (κ2) is 5.43. The van der Waals surface area contributed by atoms with Crippen molar-refractivity contribution in [1.82, 2.24) is 0 Å². The minimum absolute atomic E-state index is 0.945. The Morgan fingerprint density at radius 1 is 0.808 bits per heavy atom. The maximum Gasteiger partial charge on any atom is 0.216 e. The van der Waals surface area contributed by atoms with Gasteiger partial charge in [0.1, 0.15) is 18.2 Å². The van der Waals surface area contributed by atoms with Crippen LogP contribution in [0.25, 0.3) is 44.0 Å². The van der Waals surface area contributed by atoms with E-state index in [2.05, 4.69) is 92.3 Å². The van der Waals surface area contributed by atoms with Crippen LogP contribution in [0, 0.1) is 13.8 Å². The largest absolute Gasteiger partial charge is 0.455 e. The van der Waals surface area contributed by atoms with Crippen LogP contribution in [0.4, 0.5) is 0 Å². The van der Waals surface area contributed by atoms with Gasteiger partial charge in [0.15, 0.2) is 6.20 Å². The summed E-state index contributed by atoms with van der Waals surface area (Å²) < 4.78 is 8.57. The van der Waals surface area contributed by atoms with Gasteiger partial charge in [-0.15, -0.1) is 0 Å². The van der Waals surface area contributed by atoms with E-state index in [4.69, 9.17) is 4.42 Å². The van der Waals surface area contributed by atoms with Gasteiger partial charge in [0, 0.05) is 22.9 Å². The number of nitrogens with zero attached hydrogens (tertiary/aromatic N) is 1. The predicted octanol–water partition coefficient (Wildman–Crippen LogP) is 5.85. The number of pyridine rings is 1. The molecule has 0 bridgehead atoms. The molecule has 2 heteroatoms. The Labute approximate surface area is 152 Å². The van der Waals surface area contributed by atoms with E-state index >= 15 is 0 Å². The fraction of sp³-hybridized carbons (Fsp3) is 0.125. The maximum absolute atomic E-state index is 6.41. The molecule has 0 aliphatic heterocycles. The third-order valence-electron chi connectivity index (χ3n) is 5.28. The van der Waals surface area contributed by atoms with Gasteiger partial charge >= 0.3 is 0 Å². The number of aromatic nitrogens is 1. The number of benzene rings is 3. The number of aryl methyl sites for hydroxylation is 3. The molecule has 26 heavy (non-hydrogen) atoms. The fourth-order valence-electron chi connectivity index (χ4n) is 3.87. The Kier molecular flexibility index (Phi) is 3.17. The van der Waals surface area contributed by atoms with Crippen LogP contribution in [0.15, 0.2) is 71.3 Å². The Morgan fingerprint density at radius 2 is 1.58 bits per heavy atom. The van der Waals surface area contributed by atoms with Crippen molar-refractivity contribution in [3.05, 3.63) is 78.0 Å². The molecule has 126 valence electrons.